The molecule has 2 heteroatoms. The van der Waals surface area contributed by atoms with E-state index in [0.29, 0.717) is 5.54 Å². The molecule has 0 aromatic rings. The largest absolute Gasteiger partial charge is 0.317 e. The minimum absolute atomic E-state index is 0.319. The first kappa shape index (κ1) is 15.9. The molecule has 98 valence electrons. The lowest BCUT2D eigenvalue weighted by Gasteiger charge is -2.31. The first-order chi connectivity index (χ1) is 7.48. The maximum Gasteiger partial charge on any atom is 0.0122 e. The zero-order valence-electron chi connectivity index (χ0n) is 12.1. The van der Waals surface area contributed by atoms with E-state index in [2.05, 4.69) is 45.0 Å². The van der Waals surface area contributed by atoms with Crippen molar-refractivity contribution in [1.29, 1.82) is 0 Å². The molecule has 0 fully saturated rings. The second kappa shape index (κ2) is 9.00. The quantitative estimate of drug-likeness (QED) is 0.609. The number of rotatable bonds is 9. The van der Waals surface area contributed by atoms with Gasteiger partial charge in [0.25, 0.3) is 0 Å². The van der Waals surface area contributed by atoms with Gasteiger partial charge in [-0.3, -0.25) is 0 Å². The van der Waals surface area contributed by atoms with Gasteiger partial charge >= 0.3 is 0 Å². The zero-order chi connectivity index (χ0) is 12.4. The highest BCUT2D eigenvalue weighted by atomic mass is 15.1. The van der Waals surface area contributed by atoms with Crippen LogP contribution in [0.4, 0.5) is 0 Å². The van der Waals surface area contributed by atoms with Crippen LogP contribution in [0.25, 0.3) is 0 Å². The number of unbranched alkanes of at least 4 members (excludes halogenated alkanes) is 3. The molecule has 0 aliphatic heterocycles. The normalized spacial score (nSPS) is 12.4. The Labute approximate surface area is 103 Å². The first-order valence-electron chi connectivity index (χ1n) is 6.90. The van der Waals surface area contributed by atoms with Gasteiger partial charge in [0.05, 0.1) is 0 Å². The van der Waals surface area contributed by atoms with E-state index in [1.165, 1.54) is 51.7 Å². The molecular weight excluding hydrogens is 196 g/mol. The molecule has 0 unspecified atom stereocenters. The molecule has 0 rings (SSSR count). The summed E-state index contributed by atoms with van der Waals surface area (Å²) < 4.78 is 0. The first-order valence-corrected chi connectivity index (χ1v) is 6.90. The van der Waals surface area contributed by atoms with Crippen molar-refractivity contribution in [2.45, 2.75) is 65.3 Å². The summed E-state index contributed by atoms with van der Waals surface area (Å²) in [7, 11) is 2.22. The van der Waals surface area contributed by atoms with Crippen molar-refractivity contribution in [3.63, 3.8) is 0 Å². The molecule has 16 heavy (non-hydrogen) atoms. The van der Waals surface area contributed by atoms with Crippen molar-refractivity contribution >= 4 is 0 Å². The molecule has 0 heterocycles. The maximum atomic E-state index is 3.49. The molecule has 0 radical (unpaired) electrons. The van der Waals surface area contributed by atoms with E-state index in [0.717, 1.165) is 0 Å². The molecule has 0 aromatic carbocycles. The van der Waals surface area contributed by atoms with Gasteiger partial charge in [-0.1, -0.05) is 19.8 Å². The van der Waals surface area contributed by atoms with Gasteiger partial charge in [0.2, 0.25) is 0 Å². The van der Waals surface area contributed by atoms with Crippen LogP contribution in [0.5, 0.6) is 0 Å². The Hall–Kier alpha value is -0.0800. The predicted molar refractivity (Wildman–Crippen MR) is 74.0 cm³/mol. The summed E-state index contributed by atoms with van der Waals surface area (Å²) in [6.45, 7) is 12.7. The van der Waals surface area contributed by atoms with Crippen LogP contribution in [-0.4, -0.2) is 37.1 Å². The van der Waals surface area contributed by atoms with Crippen LogP contribution in [0.3, 0.4) is 0 Å². The smallest absolute Gasteiger partial charge is 0.0122 e. The van der Waals surface area contributed by atoms with Crippen LogP contribution < -0.4 is 5.32 Å². The van der Waals surface area contributed by atoms with E-state index in [9.17, 15) is 0 Å². The highest BCUT2D eigenvalue weighted by Gasteiger charge is 2.15. The Morgan fingerprint density at radius 2 is 1.56 bits per heavy atom. The van der Waals surface area contributed by atoms with Crippen LogP contribution in [0.2, 0.25) is 0 Å². The van der Waals surface area contributed by atoms with Crippen molar-refractivity contribution in [1.82, 2.24) is 10.2 Å². The SMILES string of the molecule is CCCCNCCCCCN(C)C(C)(C)C. The van der Waals surface area contributed by atoms with E-state index in [4.69, 9.17) is 0 Å². The summed E-state index contributed by atoms with van der Waals surface area (Å²) in [6.07, 6.45) is 6.60. The minimum atomic E-state index is 0.319. The standard InChI is InChI=1S/C14H32N2/c1-6-7-11-15-12-9-8-10-13-16(5)14(2,3)4/h15H,6-13H2,1-5H3. The van der Waals surface area contributed by atoms with E-state index in [1.807, 2.05) is 0 Å². The average molecular weight is 228 g/mol. The van der Waals surface area contributed by atoms with Crippen LogP contribution in [0.15, 0.2) is 0 Å². The van der Waals surface area contributed by atoms with Gasteiger partial charge in [-0.25, -0.2) is 0 Å². The fraction of sp³-hybridized carbons (Fsp3) is 1.00. The number of hydrogen-bond donors (Lipinski definition) is 1. The Bertz CT molecular complexity index is 149. The fourth-order valence-corrected chi connectivity index (χ4v) is 1.54. The summed E-state index contributed by atoms with van der Waals surface area (Å²) in [5.74, 6) is 0. The van der Waals surface area contributed by atoms with E-state index < -0.39 is 0 Å². The van der Waals surface area contributed by atoms with Gasteiger partial charge in [-0.15, -0.1) is 0 Å². The third-order valence-corrected chi connectivity index (χ3v) is 3.20. The second-order valence-electron chi connectivity index (χ2n) is 5.76. The van der Waals surface area contributed by atoms with E-state index in [1.54, 1.807) is 0 Å². The fourth-order valence-electron chi connectivity index (χ4n) is 1.54. The van der Waals surface area contributed by atoms with Gasteiger partial charge in [0.1, 0.15) is 0 Å². The van der Waals surface area contributed by atoms with Gasteiger partial charge in [0, 0.05) is 5.54 Å². The second-order valence-corrected chi connectivity index (χ2v) is 5.76. The lowest BCUT2D eigenvalue weighted by Crippen LogP contribution is -2.38. The van der Waals surface area contributed by atoms with Crippen molar-refractivity contribution in [3.8, 4) is 0 Å². The third-order valence-electron chi connectivity index (χ3n) is 3.20. The van der Waals surface area contributed by atoms with Crippen molar-refractivity contribution in [2.75, 3.05) is 26.7 Å². The highest BCUT2D eigenvalue weighted by Crippen LogP contribution is 2.11. The Balaban J connectivity index is 3.21. The van der Waals surface area contributed by atoms with Crippen molar-refractivity contribution in [3.05, 3.63) is 0 Å². The van der Waals surface area contributed by atoms with Gasteiger partial charge < -0.3 is 10.2 Å². The van der Waals surface area contributed by atoms with Crippen LogP contribution in [-0.2, 0) is 0 Å². The average Bonchev–Trinajstić information content (AvgIpc) is 2.20. The molecule has 0 aliphatic rings. The molecule has 0 spiro atoms. The molecule has 0 atom stereocenters. The van der Waals surface area contributed by atoms with Crippen molar-refractivity contribution < 1.29 is 0 Å². The van der Waals surface area contributed by atoms with Gasteiger partial charge in [-0.05, 0) is 66.7 Å². The Kier molecular flexibility index (Phi) is 8.96. The van der Waals surface area contributed by atoms with Crippen LogP contribution >= 0.6 is 0 Å². The molecule has 0 saturated heterocycles. The highest BCUT2D eigenvalue weighted by molar-refractivity contribution is 4.72. The Morgan fingerprint density at radius 1 is 0.938 bits per heavy atom. The third kappa shape index (κ3) is 9.17. The molecule has 0 bridgehead atoms. The minimum Gasteiger partial charge on any atom is -0.317 e. The monoisotopic (exact) mass is 228 g/mol. The molecule has 0 amide bonds. The van der Waals surface area contributed by atoms with E-state index >= 15 is 0 Å². The topological polar surface area (TPSA) is 15.3 Å². The predicted octanol–water partition coefficient (Wildman–Crippen LogP) is 3.28. The summed E-state index contributed by atoms with van der Waals surface area (Å²) >= 11 is 0. The molecule has 1 N–H and O–H groups in total. The van der Waals surface area contributed by atoms with Gasteiger partial charge in [-0.2, -0.15) is 0 Å². The maximum absolute atomic E-state index is 3.49. The molecule has 0 saturated carbocycles. The molecule has 2 nitrogen and oxygen atoms in total. The summed E-state index contributed by atoms with van der Waals surface area (Å²) in [4.78, 5) is 2.44. The lowest BCUT2D eigenvalue weighted by molar-refractivity contribution is 0.172. The van der Waals surface area contributed by atoms with Crippen LogP contribution in [0, 0.1) is 0 Å². The number of nitrogens with zero attached hydrogens (tertiary/aromatic N) is 1. The van der Waals surface area contributed by atoms with Gasteiger partial charge in [0.15, 0.2) is 0 Å². The zero-order valence-corrected chi connectivity index (χ0v) is 12.1. The lowest BCUT2D eigenvalue weighted by atomic mass is 10.1. The summed E-state index contributed by atoms with van der Waals surface area (Å²) in [5, 5.41) is 3.49. The molecular formula is C14H32N2. The summed E-state index contributed by atoms with van der Waals surface area (Å²) in [6, 6.07) is 0. The van der Waals surface area contributed by atoms with E-state index in [-0.39, 0.29) is 0 Å². The van der Waals surface area contributed by atoms with Crippen molar-refractivity contribution in [2.24, 2.45) is 0 Å². The number of hydrogen-bond acceptors (Lipinski definition) is 2. The molecule has 0 aromatic heterocycles. The Morgan fingerprint density at radius 3 is 2.12 bits per heavy atom. The summed E-state index contributed by atoms with van der Waals surface area (Å²) in [5.41, 5.74) is 0.319. The number of nitrogens with one attached hydrogen (secondary N) is 1. The van der Waals surface area contributed by atoms with Crippen LogP contribution in [0.1, 0.15) is 59.8 Å². The molecule has 0 aliphatic carbocycles.